The van der Waals surface area contributed by atoms with Crippen LogP contribution in [0.15, 0.2) is 0 Å². The van der Waals surface area contributed by atoms with E-state index in [0.29, 0.717) is 6.04 Å². The maximum atomic E-state index is 9.40. The smallest absolute Gasteiger partial charge is 0.0637 e. The number of methoxy groups -OCH3 is 1. The highest BCUT2D eigenvalue weighted by Crippen LogP contribution is 2.15. The van der Waals surface area contributed by atoms with Crippen molar-refractivity contribution in [3.8, 4) is 0 Å². The van der Waals surface area contributed by atoms with Gasteiger partial charge < -0.3 is 15.2 Å². The molecule has 2 atom stereocenters. The molecule has 0 amide bonds. The van der Waals surface area contributed by atoms with Gasteiger partial charge in [0, 0.05) is 13.2 Å². The van der Waals surface area contributed by atoms with Gasteiger partial charge in [0.05, 0.1) is 11.7 Å². The van der Waals surface area contributed by atoms with E-state index in [9.17, 15) is 5.11 Å². The summed E-state index contributed by atoms with van der Waals surface area (Å²) < 4.78 is 5.39. The fourth-order valence-electron chi connectivity index (χ4n) is 1.78. The van der Waals surface area contributed by atoms with Crippen molar-refractivity contribution in [3.63, 3.8) is 0 Å². The molecular formula is C13H29NO2. The molecule has 2 unspecified atom stereocenters. The molecule has 0 aromatic rings. The third kappa shape index (κ3) is 8.08. The summed E-state index contributed by atoms with van der Waals surface area (Å²) in [4.78, 5) is 0. The van der Waals surface area contributed by atoms with Crippen molar-refractivity contribution in [2.45, 2.75) is 71.1 Å². The van der Waals surface area contributed by atoms with Crippen LogP contribution in [0.3, 0.4) is 0 Å². The number of hydrogen-bond donors (Lipinski definition) is 2. The summed E-state index contributed by atoms with van der Waals surface area (Å²) in [5, 5.41) is 12.9. The lowest BCUT2D eigenvalue weighted by molar-refractivity contribution is 0.00851. The fourth-order valence-corrected chi connectivity index (χ4v) is 1.78. The monoisotopic (exact) mass is 231 g/mol. The molecule has 98 valence electrons. The van der Waals surface area contributed by atoms with Crippen molar-refractivity contribution in [2.75, 3.05) is 13.7 Å². The third-order valence-electron chi connectivity index (χ3n) is 3.03. The second-order valence-corrected chi connectivity index (χ2v) is 5.23. The van der Waals surface area contributed by atoms with Gasteiger partial charge in [-0.3, -0.25) is 0 Å². The molecule has 0 rings (SSSR count). The number of ether oxygens (including phenoxy) is 1. The molecule has 0 aromatic heterocycles. The first-order valence-electron chi connectivity index (χ1n) is 6.38. The Hall–Kier alpha value is -0.120. The SMILES string of the molecule is CCC(O)CCCNC(C)CC(C)(C)OC. The van der Waals surface area contributed by atoms with Gasteiger partial charge in [0.15, 0.2) is 0 Å². The Labute approximate surface area is 101 Å². The maximum Gasteiger partial charge on any atom is 0.0637 e. The molecule has 16 heavy (non-hydrogen) atoms. The van der Waals surface area contributed by atoms with Crippen molar-refractivity contribution in [1.82, 2.24) is 5.32 Å². The zero-order valence-corrected chi connectivity index (χ0v) is 11.5. The summed E-state index contributed by atoms with van der Waals surface area (Å²) in [5.74, 6) is 0. The topological polar surface area (TPSA) is 41.5 Å². The van der Waals surface area contributed by atoms with Gasteiger partial charge in [-0.2, -0.15) is 0 Å². The normalized spacial score (nSPS) is 16.1. The molecule has 0 spiro atoms. The Morgan fingerprint density at radius 2 is 2.00 bits per heavy atom. The highest BCUT2D eigenvalue weighted by molar-refractivity contribution is 4.75. The van der Waals surface area contributed by atoms with Gasteiger partial charge in [0.25, 0.3) is 0 Å². The molecule has 0 aliphatic heterocycles. The second-order valence-electron chi connectivity index (χ2n) is 5.23. The molecule has 2 N–H and O–H groups in total. The van der Waals surface area contributed by atoms with E-state index in [2.05, 4.69) is 26.1 Å². The molecule has 0 aromatic carbocycles. The van der Waals surface area contributed by atoms with Gasteiger partial charge in [0.2, 0.25) is 0 Å². The molecule has 0 aliphatic rings. The zero-order valence-electron chi connectivity index (χ0n) is 11.5. The number of aliphatic hydroxyl groups is 1. The lowest BCUT2D eigenvalue weighted by Crippen LogP contribution is -2.36. The molecule has 0 heterocycles. The van der Waals surface area contributed by atoms with E-state index in [0.717, 1.165) is 32.2 Å². The van der Waals surface area contributed by atoms with Crippen molar-refractivity contribution >= 4 is 0 Å². The van der Waals surface area contributed by atoms with Gasteiger partial charge >= 0.3 is 0 Å². The largest absolute Gasteiger partial charge is 0.393 e. The quantitative estimate of drug-likeness (QED) is 0.598. The molecule has 0 radical (unpaired) electrons. The Kier molecular flexibility index (Phi) is 7.98. The van der Waals surface area contributed by atoms with E-state index in [-0.39, 0.29) is 11.7 Å². The van der Waals surface area contributed by atoms with Gasteiger partial charge in [-0.25, -0.2) is 0 Å². The number of aliphatic hydroxyl groups excluding tert-OH is 1. The van der Waals surface area contributed by atoms with Crippen molar-refractivity contribution < 1.29 is 9.84 Å². The average Bonchev–Trinajstić information content (AvgIpc) is 2.23. The highest BCUT2D eigenvalue weighted by atomic mass is 16.5. The van der Waals surface area contributed by atoms with Crippen LogP contribution >= 0.6 is 0 Å². The predicted octanol–water partition coefficient (Wildman–Crippen LogP) is 2.33. The molecule has 3 heteroatoms. The van der Waals surface area contributed by atoms with Crippen molar-refractivity contribution in [1.29, 1.82) is 0 Å². The van der Waals surface area contributed by atoms with Gasteiger partial charge in [-0.05, 0) is 53.0 Å². The first kappa shape index (κ1) is 15.9. The van der Waals surface area contributed by atoms with Gasteiger partial charge in [-0.15, -0.1) is 0 Å². The molecule has 3 nitrogen and oxygen atoms in total. The van der Waals surface area contributed by atoms with E-state index in [1.54, 1.807) is 7.11 Å². The summed E-state index contributed by atoms with van der Waals surface area (Å²) in [7, 11) is 1.75. The number of hydrogen-bond acceptors (Lipinski definition) is 3. The second kappa shape index (κ2) is 8.04. The van der Waals surface area contributed by atoms with Gasteiger partial charge in [0.1, 0.15) is 0 Å². The molecule has 0 fully saturated rings. The summed E-state index contributed by atoms with van der Waals surface area (Å²) >= 11 is 0. The Balaban J connectivity index is 3.55. The predicted molar refractivity (Wildman–Crippen MR) is 68.7 cm³/mol. The van der Waals surface area contributed by atoms with E-state index in [1.165, 1.54) is 0 Å². The van der Waals surface area contributed by atoms with Crippen LogP contribution in [0.25, 0.3) is 0 Å². The number of rotatable bonds is 9. The summed E-state index contributed by atoms with van der Waals surface area (Å²) in [5.41, 5.74) is -0.0602. The van der Waals surface area contributed by atoms with E-state index >= 15 is 0 Å². The Morgan fingerprint density at radius 3 is 2.50 bits per heavy atom. The lowest BCUT2D eigenvalue weighted by Gasteiger charge is -2.27. The Morgan fingerprint density at radius 1 is 1.38 bits per heavy atom. The van der Waals surface area contributed by atoms with E-state index in [4.69, 9.17) is 4.74 Å². The minimum atomic E-state index is -0.132. The van der Waals surface area contributed by atoms with Crippen LogP contribution in [0, 0.1) is 0 Å². The first-order chi connectivity index (χ1) is 7.41. The van der Waals surface area contributed by atoms with Crippen molar-refractivity contribution in [2.24, 2.45) is 0 Å². The van der Waals surface area contributed by atoms with E-state index in [1.807, 2.05) is 6.92 Å². The van der Waals surface area contributed by atoms with Crippen molar-refractivity contribution in [3.05, 3.63) is 0 Å². The average molecular weight is 231 g/mol. The minimum absolute atomic E-state index is 0.0602. The fraction of sp³-hybridized carbons (Fsp3) is 1.00. The van der Waals surface area contributed by atoms with Crippen LogP contribution in [0.5, 0.6) is 0 Å². The molecule has 0 saturated heterocycles. The lowest BCUT2D eigenvalue weighted by atomic mass is 10.00. The standard InChI is InChI=1S/C13H29NO2/c1-6-12(15)8-7-9-14-11(2)10-13(3,4)16-5/h11-12,14-15H,6-10H2,1-5H3. The molecule has 0 bridgehead atoms. The zero-order chi connectivity index (χ0) is 12.6. The maximum absolute atomic E-state index is 9.40. The van der Waals surface area contributed by atoms with Gasteiger partial charge in [-0.1, -0.05) is 6.92 Å². The summed E-state index contributed by atoms with van der Waals surface area (Å²) in [6, 6.07) is 0.453. The van der Waals surface area contributed by atoms with Crippen LogP contribution in [0.1, 0.15) is 53.4 Å². The Bertz CT molecular complexity index is 171. The summed E-state index contributed by atoms with van der Waals surface area (Å²) in [6.45, 7) is 9.37. The molecular weight excluding hydrogens is 202 g/mol. The number of nitrogens with one attached hydrogen (secondary N) is 1. The van der Waals surface area contributed by atoms with Crippen LogP contribution in [-0.4, -0.2) is 36.5 Å². The highest BCUT2D eigenvalue weighted by Gasteiger charge is 2.19. The van der Waals surface area contributed by atoms with E-state index < -0.39 is 0 Å². The first-order valence-corrected chi connectivity index (χ1v) is 6.38. The van der Waals surface area contributed by atoms with Crippen LogP contribution in [0.4, 0.5) is 0 Å². The molecule has 0 aliphatic carbocycles. The summed E-state index contributed by atoms with van der Waals surface area (Å²) in [6.07, 6.45) is 3.65. The third-order valence-corrected chi connectivity index (χ3v) is 3.03. The van der Waals surface area contributed by atoms with Crippen LogP contribution < -0.4 is 5.32 Å². The van der Waals surface area contributed by atoms with Crippen LogP contribution in [-0.2, 0) is 4.74 Å². The van der Waals surface area contributed by atoms with Crippen LogP contribution in [0.2, 0.25) is 0 Å². The molecule has 0 saturated carbocycles. The minimum Gasteiger partial charge on any atom is -0.393 e.